The van der Waals surface area contributed by atoms with E-state index in [4.69, 9.17) is 9.57 Å². The van der Waals surface area contributed by atoms with E-state index in [1.54, 1.807) is 12.1 Å². The summed E-state index contributed by atoms with van der Waals surface area (Å²) < 4.78 is 5.57. The normalized spacial score (nSPS) is 15.3. The third-order valence-corrected chi connectivity index (χ3v) is 3.10. The van der Waals surface area contributed by atoms with Crippen molar-refractivity contribution in [2.45, 2.75) is 32.6 Å². The van der Waals surface area contributed by atoms with Gasteiger partial charge in [0, 0.05) is 12.1 Å². The Morgan fingerprint density at radius 1 is 1.32 bits per heavy atom. The molecule has 0 aromatic heterocycles. The molecule has 1 amide bonds. The number of carbonyl (C=O) groups is 1. The number of carbonyl (C=O) groups excluding carboxylic acids is 1. The van der Waals surface area contributed by atoms with E-state index in [1.165, 1.54) is 5.06 Å². The van der Waals surface area contributed by atoms with Crippen molar-refractivity contribution in [2.24, 2.45) is 0 Å². The van der Waals surface area contributed by atoms with Crippen molar-refractivity contribution >= 4 is 5.91 Å². The van der Waals surface area contributed by atoms with Crippen molar-refractivity contribution in [2.75, 3.05) is 19.8 Å². The van der Waals surface area contributed by atoms with Gasteiger partial charge < -0.3 is 4.74 Å². The van der Waals surface area contributed by atoms with Gasteiger partial charge in [0.2, 0.25) is 0 Å². The topological polar surface area (TPSA) is 38.8 Å². The van der Waals surface area contributed by atoms with Crippen LogP contribution in [0.4, 0.5) is 0 Å². The zero-order valence-electron chi connectivity index (χ0n) is 11.4. The first kappa shape index (κ1) is 13.9. The summed E-state index contributed by atoms with van der Waals surface area (Å²) in [4.78, 5) is 17.5. The first-order valence-corrected chi connectivity index (χ1v) is 6.99. The predicted molar refractivity (Wildman–Crippen MR) is 73.1 cm³/mol. The maximum Gasteiger partial charge on any atom is 0.277 e. The number of hydrogen-bond donors (Lipinski definition) is 0. The van der Waals surface area contributed by atoms with Crippen molar-refractivity contribution in [3.63, 3.8) is 0 Å². The Balaban J connectivity index is 1.91. The highest BCUT2D eigenvalue weighted by Gasteiger charge is 2.19. The third kappa shape index (κ3) is 3.96. The number of rotatable bonds is 5. The van der Waals surface area contributed by atoms with E-state index in [-0.39, 0.29) is 5.91 Å². The fraction of sp³-hybridized carbons (Fsp3) is 0.533. The van der Waals surface area contributed by atoms with Gasteiger partial charge in [0.25, 0.3) is 5.91 Å². The van der Waals surface area contributed by atoms with Gasteiger partial charge in [-0.15, -0.1) is 0 Å². The van der Waals surface area contributed by atoms with E-state index >= 15 is 0 Å². The van der Waals surface area contributed by atoms with Crippen LogP contribution >= 0.6 is 0 Å². The number of benzene rings is 1. The van der Waals surface area contributed by atoms with Crippen LogP contribution in [0, 0.1) is 0 Å². The van der Waals surface area contributed by atoms with Gasteiger partial charge in [-0.2, -0.15) is 0 Å². The summed E-state index contributed by atoms with van der Waals surface area (Å²) in [6.07, 6.45) is 4.18. The van der Waals surface area contributed by atoms with E-state index in [0.717, 1.165) is 38.0 Å². The molecule has 0 radical (unpaired) electrons. The molecule has 0 N–H and O–H groups in total. The zero-order chi connectivity index (χ0) is 13.5. The van der Waals surface area contributed by atoms with Crippen molar-refractivity contribution in [1.29, 1.82) is 0 Å². The van der Waals surface area contributed by atoms with Crippen LogP contribution < -0.4 is 4.74 Å². The lowest BCUT2D eigenvalue weighted by Crippen LogP contribution is -2.35. The van der Waals surface area contributed by atoms with Gasteiger partial charge in [-0.3, -0.25) is 9.63 Å². The summed E-state index contributed by atoms with van der Waals surface area (Å²) in [5.74, 6) is 0.740. The SMILES string of the molecule is CCCCOc1ccc(C(=O)N2CCCCO2)cc1. The molecule has 2 rings (SSSR count). The van der Waals surface area contributed by atoms with Crippen LogP contribution in [0.5, 0.6) is 5.75 Å². The van der Waals surface area contributed by atoms with Crippen LogP contribution in [0.1, 0.15) is 43.0 Å². The molecule has 1 aromatic rings. The van der Waals surface area contributed by atoms with E-state index in [0.29, 0.717) is 18.7 Å². The van der Waals surface area contributed by atoms with Gasteiger partial charge in [0.15, 0.2) is 0 Å². The lowest BCUT2D eigenvalue weighted by atomic mass is 10.2. The first-order valence-electron chi connectivity index (χ1n) is 6.99. The Morgan fingerprint density at radius 3 is 2.74 bits per heavy atom. The van der Waals surface area contributed by atoms with Crippen LogP contribution in [-0.4, -0.2) is 30.7 Å². The predicted octanol–water partition coefficient (Wildman–Crippen LogP) is 3.03. The van der Waals surface area contributed by atoms with Crippen molar-refractivity contribution < 1.29 is 14.4 Å². The minimum absolute atomic E-state index is 0.0696. The van der Waals surface area contributed by atoms with E-state index < -0.39 is 0 Å². The number of unbranched alkanes of at least 4 members (excludes halogenated alkanes) is 1. The maximum atomic E-state index is 12.1. The minimum Gasteiger partial charge on any atom is -0.494 e. The standard InChI is InChI=1S/C15H21NO3/c1-2-3-11-18-14-8-6-13(7-9-14)15(17)16-10-4-5-12-19-16/h6-9H,2-5,10-12H2,1H3. The molecule has 104 valence electrons. The highest BCUT2D eigenvalue weighted by molar-refractivity contribution is 5.93. The Bertz CT molecular complexity index is 396. The molecule has 1 aromatic carbocycles. The summed E-state index contributed by atoms with van der Waals surface area (Å²) in [6.45, 7) is 4.15. The molecule has 4 nitrogen and oxygen atoms in total. The molecule has 0 atom stereocenters. The van der Waals surface area contributed by atoms with Crippen molar-refractivity contribution in [1.82, 2.24) is 5.06 Å². The molecule has 4 heteroatoms. The fourth-order valence-corrected chi connectivity index (χ4v) is 1.93. The minimum atomic E-state index is -0.0696. The molecule has 0 aliphatic carbocycles. The molecule has 1 aliphatic heterocycles. The summed E-state index contributed by atoms with van der Waals surface area (Å²) in [5.41, 5.74) is 0.643. The molecule has 0 spiro atoms. The number of hydrogen-bond acceptors (Lipinski definition) is 3. The van der Waals surface area contributed by atoms with Gasteiger partial charge >= 0.3 is 0 Å². The number of nitrogens with zero attached hydrogens (tertiary/aromatic N) is 1. The number of amides is 1. The van der Waals surface area contributed by atoms with Gasteiger partial charge in [-0.25, -0.2) is 5.06 Å². The molecule has 0 bridgehead atoms. The Hall–Kier alpha value is -1.55. The second-order valence-corrected chi connectivity index (χ2v) is 4.67. The summed E-state index contributed by atoms with van der Waals surface area (Å²) in [5, 5.41) is 1.45. The van der Waals surface area contributed by atoms with Gasteiger partial charge in [-0.1, -0.05) is 13.3 Å². The molecule has 1 aliphatic rings. The summed E-state index contributed by atoms with van der Waals surface area (Å²) in [7, 11) is 0. The van der Waals surface area contributed by atoms with E-state index in [1.807, 2.05) is 12.1 Å². The molecule has 1 fully saturated rings. The van der Waals surface area contributed by atoms with E-state index in [2.05, 4.69) is 6.92 Å². The lowest BCUT2D eigenvalue weighted by molar-refractivity contribution is -0.144. The van der Waals surface area contributed by atoms with Crippen LogP contribution in [0.3, 0.4) is 0 Å². The second kappa shape index (κ2) is 7.14. The molecular weight excluding hydrogens is 242 g/mol. The monoisotopic (exact) mass is 263 g/mol. The Morgan fingerprint density at radius 2 is 2.11 bits per heavy atom. The van der Waals surface area contributed by atoms with Crippen LogP contribution in [0.15, 0.2) is 24.3 Å². The largest absolute Gasteiger partial charge is 0.494 e. The molecule has 1 saturated heterocycles. The van der Waals surface area contributed by atoms with Gasteiger partial charge in [0.05, 0.1) is 13.2 Å². The Labute approximate surface area is 114 Å². The quantitative estimate of drug-likeness (QED) is 0.766. The number of hydroxylamine groups is 2. The fourth-order valence-electron chi connectivity index (χ4n) is 1.93. The number of ether oxygens (including phenoxy) is 1. The van der Waals surface area contributed by atoms with Crippen molar-refractivity contribution in [3.8, 4) is 5.75 Å². The molecule has 0 unspecified atom stereocenters. The highest BCUT2D eigenvalue weighted by Crippen LogP contribution is 2.16. The first-order chi connectivity index (χ1) is 9.31. The van der Waals surface area contributed by atoms with Crippen LogP contribution in [-0.2, 0) is 4.84 Å². The van der Waals surface area contributed by atoms with E-state index in [9.17, 15) is 4.79 Å². The molecule has 19 heavy (non-hydrogen) atoms. The lowest BCUT2D eigenvalue weighted by Gasteiger charge is -2.25. The smallest absolute Gasteiger partial charge is 0.277 e. The van der Waals surface area contributed by atoms with Crippen LogP contribution in [0.25, 0.3) is 0 Å². The van der Waals surface area contributed by atoms with Gasteiger partial charge in [-0.05, 0) is 43.5 Å². The average molecular weight is 263 g/mol. The molecular formula is C15H21NO3. The molecule has 1 heterocycles. The third-order valence-electron chi connectivity index (χ3n) is 3.10. The summed E-state index contributed by atoms with van der Waals surface area (Å²) in [6, 6.07) is 7.27. The maximum absolute atomic E-state index is 12.1. The average Bonchev–Trinajstić information content (AvgIpc) is 2.48. The molecule has 0 saturated carbocycles. The highest BCUT2D eigenvalue weighted by atomic mass is 16.7. The van der Waals surface area contributed by atoms with Gasteiger partial charge in [0.1, 0.15) is 5.75 Å². The second-order valence-electron chi connectivity index (χ2n) is 4.67. The van der Waals surface area contributed by atoms with Crippen LogP contribution in [0.2, 0.25) is 0 Å². The van der Waals surface area contributed by atoms with Crippen molar-refractivity contribution in [3.05, 3.63) is 29.8 Å². The summed E-state index contributed by atoms with van der Waals surface area (Å²) >= 11 is 0. The zero-order valence-corrected chi connectivity index (χ0v) is 11.4. The Kier molecular flexibility index (Phi) is 5.21.